The van der Waals surface area contributed by atoms with Gasteiger partial charge in [0.05, 0.1) is 25.3 Å². The second-order valence-electron chi connectivity index (χ2n) is 4.34. The van der Waals surface area contributed by atoms with Crippen molar-refractivity contribution in [1.29, 1.82) is 0 Å². The Bertz CT molecular complexity index is 220. The molecular formula is C10H18N2O2. The van der Waals surface area contributed by atoms with E-state index in [0.29, 0.717) is 0 Å². The number of nitrogens with zero attached hydrogens (tertiary/aromatic N) is 2. The molecule has 0 saturated carbocycles. The molecule has 4 heteroatoms. The predicted molar refractivity (Wildman–Crippen MR) is 53.2 cm³/mol. The van der Waals surface area contributed by atoms with Crippen molar-refractivity contribution >= 4 is 6.03 Å². The highest BCUT2D eigenvalue weighted by Crippen LogP contribution is 2.18. The van der Waals surface area contributed by atoms with E-state index in [1.807, 2.05) is 23.6 Å². The van der Waals surface area contributed by atoms with Crippen molar-refractivity contribution < 1.29 is 9.53 Å². The van der Waals surface area contributed by atoms with E-state index < -0.39 is 0 Å². The van der Waals surface area contributed by atoms with Crippen LogP contribution in [-0.2, 0) is 4.74 Å². The maximum absolute atomic E-state index is 11.6. The molecule has 0 aromatic carbocycles. The average molecular weight is 198 g/mol. The van der Waals surface area contributed by atoms with Gasteiger partial charge in [-0.25, -0.2) is 4.79 Å². The SMILES string of the molecule is CC(C)OC1CN(C(=O)N2CCC2)C1. The molecule has 80 valence electrons. The topological polar surface area (TPSA) is 32.8 Å². The van der Waals surface area contributed by atoms with Crippen molar-refractivity contribution in [3.05, 3.63) is 0 Å². The summed E-state index contributed by atoms with van der Waals surface area (Å²) < 4.78 is 5.59. The molecular weight excluding hydrogens is 180 g/mol. The number of carbonyl (C=O) groups excluding carboxylic acids is 1. The lowest BCUT2D eigenvalue weighted by atomic mass is 10.1. The third kappa shape index (κ3) is 1.85. The number of likely N-dealkylation sites (tertiary alicyclic amines) is 2. The van der Waals surface area contributed by atoms with Gasteiger partial charge in [0.1, 0.15) is 0 Å². The second-order valence-corrected chi connectivity index (χ2v) is 4.34. The molecule has 0 radical (unpaired) electrons. The molecule has 2 rings (SSSR count). The van der Waals surface area contributed by atoms with Gasteiger partial charge in [-0.05, 0) is 20.3 Å². The molecule has 14 heavy (non-hydrogen) atoms. The first kappa shape index (κ1) is 9.77. The van der Waals surface area contributed by atoms with Crippen LogP contribution in [0.3, 0.4) is 0 Å². The van der Waals surface area contributed by atoms with Crippen molar-refractivity contribution in [2.24, 2.45) is 0 Å². The van der Waals surface area contributed by atoms with E-state index in [1.165, 1.54) is 0 Å². The van der Waals surface area contributed by atoms with E-state index in [9.17, 15) is 4.79 Å². The molecule has 4 nitrogen and oxygen atoms in total. The van der Waals surface area contributed by atoms with Gasteiger partial charge in [-0.1, -0.05) is 0 Å². The summed E-state index contributed by atoms with van der Waals surface area (Å²) in [4.78, 5) is 15.4. The Morgan fingerprint density at radius 3 is 2.36 bits per heavy atom. The van der Waals surface area contributed by atoms with E-state index in [0.717, 1.165) is 32.6 Å². The van der Waals surface area contributed by atoms with Gasteiger partial charge in [0.15, 0.2) is 0 Å². The lowest BCUT2D eigenvalue weighted by Crippen LogP contribution is -2.61. The molecule has 0 unspecified atom stereocenters. The zero-order chi connectivity index (χ0) is 10.1. The summed E-state index contributed by atoms with van der Waals surface area (Å²) in [6.07, 6.45) is 1.69. The standard InChI is InChI=1S/C10H18N2O2/c1-8(2)14-9-6-12(7-9)10(13)11-4-3-5-11/h8-9H,3-7H2,1-2H3. The first-order valence-electron chi connectivity index (χ1n) is 5.36. The van der Waals surface area contributed by atoms with Crippen LogP contribution in [0.25, 0.3) is 0 Å². The molecule has 0 aromatic heterocycles. The van der Waals surface area contributed by atoms with Crippen LogP contribution in [0.1, 0.15) is 20.3 Å². The van der Waals surface area contributed by atoms with Gasteiger partial charge in [0.2, 0.25) is 0 Å². The van der Waals surface area contributed by atoms with Gasteiger partial charge < -0.3 is 14.5 Å². The zero-order valence-electron chi connectivity index (χ0n) is 8.90. The Morgan fingerprint density at radius 2 is 1.93 bits per heavy atom. The molecule has 0 aliphatic carbocycles. The van der Waals surface area contributed by atoms with Gasteiger partial charge in [-0.15, -0.1) is 0 Å². The molecule has 2 aliphatic heterocycles. The summed E-state index contributed by atoms with van der Waals surface area (Å²) in [5.74, 6) is 0. The van der Waals surface area contributed by atoms with Crippen molar-refractivity contribution in [2.75, 3.05) is 26.2 Å². The van der Waals surface area contributed by atoms with E-state index in [-0.39, 0.29) is 18.2 Å². The maximum Gasteiger partial charge on any atom is 0.320 e. The fourth-order valence-electron chi connectivity index (χ4n) is 1.77. The Labute approximate surface area is 84.8 Å². The van der Waals surface area contributed by atoms with E-state index in [1.54, 1.807) is 0 Å². The number of ether oxygens (including phenoxy) is 1. The van der Waals surface area contributed by atoms with Crippen LogP contribution in [0.2, 0.25) is 0 Å². The number of carbonyl (C=O) groups is 1. The van der Waals surface area contributed by atoms with E-state index in [4.69, 9.17) is 4.74 Å². The lowest BCUT2D eigenvalue weighted by molar-refractivity contribution is -0.0700. The summed E-state index contributed by atoms with van der Waals surface area (Å²) in [5.41, 5.74) is 0. The largest absolute Gasteiger partial charge is 0.372 e. The van der Waals surface area contributed by atoms with Gasteiger partial charge in [0.25, 0.3) is 0 Å². The van der Waals surface area contributed by atoms with Gasteiger partial charge in [-0.2, -0.15) is 0 Å². The fraction of sp³-hybridized carbons (Fsp3) is 0.900. The Hall–Kier alpha value is -0.770. The molecule has 0 atom stereocenters. The number of urea groups is 1. The summed E-state index contributed by atoms with van der Waals surface area (Å²) >= 11 is 0. The Kier molecular flexibility index (Phi) is 2.63. The number of amides is 2. The summed E-state index contributed by atoms with van der Waals surface area (Å²) in [7, 11) is 0. The van der Waals surface area contributed by atoms with E-state index in [2.05, 4.69) is 0 Å². The quantitative estimate of drug-likeness (QED) is 0.661. The first-order chi connectivity index (χ1) is 6.66. The molecule has 0 bridgehead atoms. The van der Waals surface area contributed by atoms with Crippen molar-refractivity contribution in [1.82, 2.24) is 9.80 Å². The minimum Gasteiger partial charge on any atom is -0.372 e. The van der Waals surface area contributed by atoms with Crippen molar-refractivity contribution in [3.8, 4) is 0 Å². The maximum atomic E-state index is 11.6. The van der Waals surface area contributed by atoms with Crippen LogP contribution < -0.4 is 0 Å². The summed E-state index contributed by atoms with van der Waals surface area (Å²) in [6, 6.07) is 0.194. The van der Waals surface area contributed by atoms with Gasteiger partial charge >= 0.3 is 6.03 Å². The lowest BCUT2D eigenvalue weighted by Gasteiger charge is -2.44. The van der Waals surface area contributed by atoms with Crippen molar-refractivity contribution in [2.45, 2.75) is 32.5 Å². The number of hydrogen-bond acceptors (Lipinski definition) is 2. The van der Waals surface area contributed by atoms with Crippen LogP contribution in [0.4, 0.5) is 4.79 Å². The second kappa shape index (κ2) is 3.77. The molecule has 2 fully saturated rings. The zero-order valence-corrected chi connectivity index (χ0v) is 8.90. The monoisotopic (exact) mass is 198 g/mol. The highest BCUT2D eigenvalue weighted by molar-refractivity contribution is 5.76. The molecule has 0 aromatic rings. The molecule has 2 heterocycles. The van der Waals surface area contributed by atoms with Crippen molar-refractivity contribution in [3.63, 3.8) is 0 Å². The van der Waals surface area contributed by atoms with Gasteiger partial charge in [0, 0.05) is 13.1 Å². The highest BCUT2D eigenvalue weighted by Gasteiger charge is 2.35. The number of rotatable bonds is 2. The van der Waals surface area contributed by atoms with Gasteiger partial charge in [-0.3, -0.25) is 0 Å². The van der Waals surface area contributed by atoms with Crippen LogP contribution in [0, 0.1) is 0 Å². The normalized spacial score (nSPS) is 22.2. The van der Waals surface area contributed by atoms with Crippen LogP contribution in [0.5, 0.6) is 0 Å². The highest BCUT2D eigenvalue weighted by atomic mass is 16.5. The molecule has 2 saturated heterocycles. The smallest absolute Gasteiger partial charge is 0.320 e. The molecule has 2 amide bonds. The number of hydrogen-bond donors (Lipinski definition) is 0. The Morgan fingerprint density at radius 1 is 1.29 bits per heavy atom. The third-order valence-corrected chi connectivity index (χ3v) is 2.71. The summed E-state index contributed by atoms with van der Waals surface area (Å²) in [5, 5.41) is 0. The predicted octanol–water partition coefficient (Wildman–Crippen LogP) is 0.921. The summed E-state index contributed by atoms with van der Waals surface area (Å²) in [6.45, 7) is 7.47. The molecule has 0 spiro atoms. The minimum absolute atomic E-state index is 0.194. The van der Waals surface area contributed by atoms with Crippen LogP contribution in [-0.4, -0.2) is 54.2 Å². The molecule has 2 aliphatic rings. The minimum atomic E-state index is 0.194. The third-order valence-electron chi connectivity index (χ3n) is 2.71. The Balaban J connectivity index is 1.69. The first-order valence-corrected chi connectivity index (χ1v) is 5.36. The average Bonchev–Trinajstić information content (AvgIpc) is 1.91. The fourth-order valence-corrected chi connectivity index (χ4v) is 1.77. The van der Waals surface area contributed by atoms with E-state index >= 15 is 0 Å². The van der Waals surface area contributed by atoms with Crippen LogP contribution in [0.15, 0.2) is 0 Å². The molecule has 0 N–H and O–H groups in total. The van der Waals surface area contributed by atoms with Crippen LogP contribution >= 0.6 is 0 Å².